The fraction of sp³-hybridized carbons (Fsp3) is 0.400. The molecule has 2 N–H and O–H groups in total. The second-order valence-electron chi connectivity index (χ2n) is 2.78. The van der Waals surface area contributed by atoms with Gasteiger partial charge in [0, 0.05) is 13.7 Å². The average molecular weight is 165 g/mol. The molecule has 2 nitrogen and oxygen atoms in total. The summed E-state index contributed by atoms with van der Waals surface area (Å²) in [6.45, 7) is 0.575. The molecule has 0 bridgehead atoms. The number of ether oxygens (including phenoxy) is 1. The van der Waals surface area contributed by atoms with E-state index < -0.39 is 0 Å². The van der Waals surface area contributed by atoms with Gasteiger partial charge in [-0.2, -0.15) is 0 Å². The number of benzene rings is 1. The fourth-order valence-electron chi connectivity index (χ4n) is 1.14. The van der Waals surface area contributed by atoms with Gasteiger partial charge in [-0.1, -0.05) is 30.3 Å². The lowest BCUT2D eigenvalue weighted by Crippen LogP contribution is -2.24. The minimum Gasteiger partial charge on any atom is -0.380 e. The number of methoxy groups -OCH3 is 1. The first kappa shape index (κ1) is 9.23. The van der Waals surface area contributed by atoms with Gasteiger partial charge in [0.2, 0.25) is 0 Å². The van der Waals surface area contributed by atoms with Crippen LogP contribution in [0.1, 0.15) is 5.56 Å². The van der Waals surface area contributed by atoms with Crippen LogP contribution >= 0.6 is 0 Å². The van der Waals surface area contributed by atoms with Gasteiger partial charge in [0.25, 0.3) is 0 Å². The number of hydrogen-bond acceptors (Lipinski definition) is 2. The normalized spacial score (nSPS) is 12.8. The van der Waals surface area contributed by atoms with Crippen LogP contribution in [0.3, 0.4) is 0 Å². The zero-order chi connectivity index (χ0) is 8.81. The summed E-state index contributed by atoms with van der Waals surface area (Å²) in [5.74, 6) is 0. The molecule has 0 heterocycles. The van der Waals surface area contributed by atoms with Gasteiger partial charge in [-0.15, -0.1) is 0 Å². The summed E-state index contributed by atoms with van der Waals surface area (Å²) in [6, 6.07) is 10.2. The van der Waals surface area contributed by atoms with Gasteiger partial charge < -0.3 is 10.5 Å². The highest BCUT2D eigenvalue weighted by Gasteiger charge is 2.04. The van der Waals surface area contributed by atoms with Crippen LogP contribution in [-0.4, -0.2) is 19.8 Å². The summed E-state index contributed by atoms with van der Waals surface area (Å²) in [4.78, 5) is 0. The molecule has 0 saturated heterocycles. The van der Waals surface area contributed by atoms with Gasteiger partial charge >= 0.3 is 0 Å². The van der Waals surface area contributed by atoms with Crippen molar-refractivity contribution in [2.24, 2.45) is 5.73 Å². The van der Waals surface area contributed by atoms with E-state index in [2.05, 4.69) is 12.1 Å². The molecule has 0 fully saturated rings. The summed E-state index contributed by atoms with van der Waals surface area (Å²) in [7, 11) is 1.69. The van der Waals surface area contributed by atoms with Gasteiger partial charge in [0.15, 0.2) is 0 Å². The van der Waals surface area contributed by atoms with Crippen LogP contribution in [0.2, 0.25) is 0 Å². The van der Waals surface area contributed by atoms with E-state index in [0.717, 1.165) is 6.42 Å². The maximum atomic E-state index is 5.51. The lowest BCUT2D eigenvalue weighted by Gasteiger charge is -2.11. The highest BCUT2D eigenvalue weighted by Crippen LogP contribution is 2.03. The Labute approximate surface area is 73.3 Å². The SMILES string of the molecule is CO[C@@H](CN)Cc1ccccc1. The Kier molecular flexibility index (Phi) is 3.77. The molecule has 0 unspecified atom stereocenters. The van der Waals surface area contributed by atoms with E-state index in [4.69, 9.17) is 10.5 Å². The van der Waals surface area contributed by atoms with Crippen molar-refractivity contribution in [1.82, 2.24) is 0 Å². The molecule has 1 aromatic rings. The van der Waals surface area contributed by atoms with Crippen LogP contribution in [0, 0.1) is 0 Å². The van der Waals surface area contributed by atoms with Crippen molar-refractivity contribution in [2.75, 3.05) is 13.7 Å². The van der Waals surface area contributed by atoms with Crippen LogP contribution in [0.4, 0.5) is 0 Å². The molecule has 0 aliphatic rings. The van der Waals surface area contributed by atoms with E-state index >= 15 is 0 Å². The molecule has 1 atom stereocenters. The van der Waals surface area contributed by atoms with E-state index in [9.17, 15) is 0 Å². The van der Waals surface area contributed by atoms with Crippen molar-refractivity contribution < 1.29 is 4.74 Å². The van der Waals surface area contributed by atoms with Gasteiger partial charge in [-0.05, 0) is 12.0 Å². The zero-order valence-electron chi connectivity index (χ0n) is 7.36. The fourth-order valence-corrected chi connectivity index (χ4v) is 1.14. The first-order valence-electron chi connectivity index (χ1n) is 4.13. The van der Waals surface area contributed by atoms with E-state index in [1.54, 1.807) is 7.11 Å². The predicted molar refractivity (Wildman–Crippen MR) is 50.0 cm³/mol. The maximum absolute atomic E-state index is 5.51. The molecular formula is C10H15NO. The smallest absolute Gasteiger partial charge is 0.0733 e. The Bertz CT molecular complexity index is 206. The predicted octanol–water partition coefficient (Wildman–Crippen LogP) is 1.20. The molecule has 1 aromatic carbocycles. The molecule has 2 heteroatoms. The summed E-state index contributed by atoms with van der Waals surface area (Å²) < 4.78 is 5.18. The highest BCUT2D eigenvalue weighted by atomic mass is 16.5. The van der Waals surface area contributed by atoms with E-state index in [-0.39, 0.29) is 6.10 Å². The standard InChI is InChI=1S/C10H15NO/c1-12-10(8-11)7-9-5-3-2-4-6-9/h2-6,10H,7-8,11H2,1H3/t10-/m1/s1. The second kappa shape index (κ2) is 4.91. The lowest BCUT2D eigenvalue weighted by molar-refractivity contribution is 0.110. The molecule has 0 radical (unpaired) electrons. The molecule has 1 rings (SSSR count). The first-order valence-corrected chi connectivity index (χ1v) is 4.13. The van der Waals surface area contributed by atoms with Crippen molar-refractivity contribution in [3.63, 3.8) is 0 Å². The van der Waals surface area contributed by atoms with Gasteiger partial charge in [-0.25, -0.2) is 0 Å². The Morgan fingerprint density at radius 1 is 1.33 bits per heavy atom. The van der Waals surface area contributed by atoms with Crippen molar-refractivity contribution in [3.05, 3.63) is 35.9 Å². The summed E-state index contributed by atoms with van der Waals surface area (Å²) in [5, 5.41) is 0. The molecule has 0 aliphatic heterocycles. The van der Waals surface area contributed by atoms with Crippen LogP contribution in [-0.2, 0) is 11.2 Å². The Morgan fingerprint density at radius 3 is 2.50 bits per heavy atom. The van der Waals surface area contributed by atoms with Crippen LogP contribution in [0.25, 0.3) is 0 Å². The molecule has 0 aromatic heterocycles. The second-order valence-corrected chi connectivity index (χ2v) is 2.78. The van der Waals surface area contributed by atoms with Gasteiger partial charge in [-0.3, -0.25) is 0 Å². The molecule has 0 saturated carbocycles. The molecule has 0 amide bonds. The third kappa shape index (κ3) is 2.64. The number of nitrogens with two attached hydrogens (primary N) is 1. The molecule has 0 aliphatic carbocycles. The third-order valence-corrected chi connectivity index (χ3v) is 1.90. The van der Waals surface area contributed by atoms with E-state index in [0.29, 0.717) is 6.54 Å². The molecule has 66 valence electrons. The van der Waals surface area contributed by atoms with Gasteiger partial charge in [0.1, 0.15) is 0 Å². The van der Waals surface area contributed by atoms with Crippen molar-refractivity contribution in [1.29, 1.82) is 0 Å². The summed E-state index contributed by atoms with van der Waals surface area (Å²) >= 11 is 0. The van der Waals surface area contributed by atoms with Crippen molar-refractivity contribution in [3.8, 4) is 0 Å². The summed E-state index contributed by atoms with van der Waals surface area (Å²) in [5.41, 5.74) is 6.78. The minimum atomic E-state index is 0.146. The third-order valence-electron chi connectivity index (χ3n) is 1.90. The van der Waals surface area contributed by atoms with Crippen LogP contribution < -0.4 is 5.73 Å². The number of hydrogen-bond donors (Lipinski definition) is 1. The lowest BCUT2D eigenvalue weighted by atomic mass is 10.1. The average Bonchev–Trinajstić information content (AvgIpc) is 2.16. The monoisotopic (exact) mass is 165 g/mol. The highest BCUT2D eigenvalue weighted by molar-refractivity contribution is 5.15. The maximum Gasteiger partial charge on any atom is 0.0733 e. The Balaban J connectivity index is 2.51. The van der Waals surface area contributed by atoms with Crippen molar-refractivity contribution in [2.45, 2.75) is 12.5 Å². The first-order chi connectivity index (χ1) is 5.86. The van der Waals surface area contributed by atoms with Crippen molar-refractivity contribution >= 4 is 0 Å². The Hall–Kier alpha value is -0.860. The van der Waals surface area contributed by atoms with E-state index in [1.165, 1.54) is 5.56 Å². The molecule has 12 heavy (non-hydrogen) atoms. The molecule has 0 spiro atoms. The Morgan fingerprint density at radius 2 is 2.00 bits per heavy atom. The number of rotatable bonds is 4. The minimum absolute atomic E-state index is 0.146. The quantitative estimate of drug-likeness (QED) is 0.727. The van der Waals surface area contributed by atoms with Crippen LogP contribution in [0.5, 0.6) is 0 Å². The van der Waals surface area contributed by atoms with E-state index in [1.807, 2.05) is 18.2 Å². The summed E-state index contributed by atoms with van der Waals surface area (Å²) in [6.07, 6.45) is 1.04. The topological polar surface area (TPSA) is 35.2 Å². The zero-order valence-corrected chi connectivity index (χ0v) is 7.36. The van der Waals surface area contributed by atoms with Crippen LogP contribution in [0.15, 0.2) is 30.3 Å². The largest absolute Gasteiger partial charge is 0.380 e. The molecular weight excluding hydrogens is 150 g/mol. The van der Waals surface area contributed by atoms with Gasteiger partial charge in [0.05, 0.1) is 6.10 Å².